The summed E-state index contributed by atoms with van der Waals surface area (Å²) in [5, 5.41) is 11.4. The van der Waals surface area contributed by atoms with Gasteiger partial charge in [0.2, 0.25) is 5.91 Å². The van der Waals surface area contributed by atoms with Crippen LogP contribution in [0, 0.1) is 29.6 Å². The number of hydrogen-bond acceptors (Lipinski definition) is 2. The Bertz CT molecular complexity index is 338. The molecule has 4 aliphatic rings. The van der Waals surface area contributed by atoms with Crippen molar-refractivity contribution in [2.24, 2.45) is 29.6 Å². The number of rotatable bonds is 4. The Morgan fingerprint density at radius 1 is 1.00 bits per heavy atom. The van der Waals surface area contributed by atoms with Gasteiger partial charge in [-0.25, -0.2) is 0 Å². The highest BCUT2D eigenvalue weighted by atomic mass is 16.4. The SMILES string of the molecule is O=C(O)CC(=O)NCC1C2CC3CC(C2)CC1C3. The zero-order valence-electron chi connectivity index (χ0n) is 10.6. The summed E-state index contributed by atoms with van der Waals surface area (Å²) in [4.78, 5) is 21.8. The Balaban J connectivity index is 1.54. The Kier molecular flexibility index (Phi) is 3.04. The van der Waals surface area contributed by atoms with Crippen molar-refractivity contribution in [1.82, 2.24) is 5.32 Å². The second kappa shape index (κ2) is 4.56. The Morgan fingerprint density at radius 2 is 1.56 bits per heavy atom. The molecular weight excluding hydrogens is 230 g/mol. The summed E-state index contributed by atoms with van der Waals surface area (Å²) in [5.74, 6) is 2.68. The molecular formula is C14H21NO3. The molecule has 4 rings (SSSR count). The number of carboxylic acids is 1. The van der Waals surface area contributed by atoms with Crippen molar-refractivity contribution in [1.29, 1.82) is 0 Å². The van der Waals surface area contributed by atoms with Gasteiger partial charge in [-0.05, 0) is 61.7 Å². The number of amides is 1. The number of carbonyl (C=O) groups excluding carboxylic acids is 1. The third kappa shape index (κ3) is 2.25. The van der Waals surface area contributed by atoms with Gasteiger partial charge in [0, 0.05) is 6.54 Å². The summed E-state index contributed by atoms with van der Waals surface area (Å²) in [7, 11) is 0. The fraction of sp³-hybridized carbons (Fsp3) is 0.857. The second-order valence-corrected chi connectivity index (χ2v) is 6.47. The van der Waals surface area contributed by atoms with E-state index >= 15 is 0 Å². The summed E-state index contributed by atoms with van der Waals surface area (Å²) in [6.45, 7) is 0.695. The molecule has 0 radical (unpaired) electrons. The molecule has 2 N–H and O–H groups in total. The van der Waals surface area contributed by atoms with Crippen LogP contribution in [0.25, 0.3) is 0 Å². The van der Waals surface area contributed by atoms with E-state index in [9.17, 15) is 9.59 Å². The first kappa shape index (κ1) is 12.0. The molecule has 0 saturated heterocycles. The highest BCUT2D eigenvalue weighted by molar-refractivity contribution is 5.93. The standard InChI is InChI=1S/C14H21NO3/c16-13(6-14(17)18)15-7-12-10-2-8-1-9(4-10)5-11(12)3-8/h8-12H,1-7H2,(H,15,16)(H,17,18). The Hall–Kier alpha value is -1.06. The first-order valence-corrected chi connectivity index (χ1v) is 7.10. The Labute approximate surface area is 107 Å². The Morgan fingerprint density at radius 3 is 2.06 bits per heavy atom. The van der Waals surface area contributed by atoms with Crippen LogP contribution in [0.4, 0.5) is 0 Å². The molecule has 0 aromatic heterocycles. The van der Waals surface area contributed by atoms with Crippen LogP contribution in [0.5, 0.6) is 0 Å². The lowest BCUT2D eigenvalue weighted by Crippen LogP contribution is -2.49. The monoisotopic (exact) mass is 251 g/mol. The van der Waals surface area contributed by atoms with Crippen molar-refractivity contribution in [3.8, 4) is 0 Å². The van der Waals surface area contributed by atoms with Crippen molar-refractivity contribution < 1.29 is 14.7 Å². The summed E-state index contributed by atoms with van der Waals surface area (Å²) >= 11 is 0. The number of hydrogen-bond donors (Lipinski definition) is 2. The van der Waals surface area contributed by atoms with Gasteiger partial charge in [0.15, 0.2) is 0 Å². The maximum absolute atomic E-state index is 11.4. The minimum absolute atomic E-state index is 0.337. The summed E-state index contributed by atoms with van der Waals surface area (Å²) in [6, 6.07) is 0. The van der Waals surface area contributed by atoms with Crippen molar-refractivity contribution in [3.63, 3.8) is 0 Å². The van der Waals surface area contributed by atoms with Crippen LogP contribution in [-0.2, 0) is 9.59 Å². The van der Waals surface area contributed by atoms with Gasteiger partial charge in [0.1, 0.15) is 6.42 Å². The van der Waals surface area contributed by atoms with E-state index in [1.54, 1.807) is 0 Å². The fourth-order valence-electron chi connectivity index (χ4n) is 4.80. The molecule has 0 unspecified atom stereocenters. The zero-order chi connectivity index (χ0) is 12.7. The molecule has 18 heavy (non-hydrogen) atoms. The third-order valence-electron chi connectivity index (χ3n) is 5.27. The zero-order valence-corrected chi connectivity index (χ0v) is 10.6. The van der Waals surface area contributed by atoms with Gasteiger partial charge in [-0.1, -0.05) is 0 Å². The molecule has 0 heterocycles. The molecule has 0 atom stereocenters. The maximum atomic E-state index is 11.4. The fourth-order valence-corrected chi connectivity index (χ4v) is 4.80. The van der Waals surface area contributed by atoms with Crippen molar-refractivity contribution in [2.75, 3.05) is 6.54 Å². The largest absolute Gasteiger partial charge is 0.481 e. The van der Waals surface area contributed by atoms with E-state index < -0.39 is 12.4 Å². The van der Waals surface area contributed by atoms with Gasteiger partial charge in [0.25, 0.3) is 0 Å². The van der Waals surface area contributed by atoms with Crippen LogP contribution >= 0.6 is 0 Å². The van der Waals surface area contributed by atoms with Gasteiger partial charge >= 0.3 is 5.97 Å². The summed E-state index contributed by atoms with van der Waals surface area (Å²) < 4.78 is 0. The molecule has 4 fully saturated rings. The van der Waals surface area contributed by atoms with Crippen LogP contribution in [0.1, 0.15) is 38.5 Å². The molecule has 4 heteroatoms. The van der Waals surface area contributed by atoms with Crippen LogP contribution < -0.4 is 5.32 Å². The molecule has 0 spiro atoms. The van der Waals surface area contributed by atoms with Crippen LogP contribution in [-0.4, -0.2) is 23.5 Å². The van der Waals surface area contributed by atoms with Gasteiger partial charge < -0.3 is 10.4 Å². The lowest BCUT2D eigenvalue weighted by Gasteiger charge is -2.54. The third-order valence-corrected chi connectivity index (χ3v) is 5.27. The van der Waals surface area contributed by atoms with Crippen molar-refractivity contribution in [3.05, 3.63) is 0 Å². The lowest BCUT2D eigenvalue weighted by molar-refractivity contribution is -0.140. The normalized spacial score (nSPS) is 40.8. The number of aliphatic carboxylic acids is 1. The first-order chi connectivity index (χ1) is 8.61. The molecule has 0 aliphatic heterocycles. The van der Waals surface area contributed by atoms with Crippen LogP contribution in [0.3, 0.4) is 0 Å². The van der Waals surface area contributed by atoms with E-state index in [0.717, 1.165) is 23.7 Å². The predicted octanol–water partition coefficient (Wildman–Crippen LogP) is 1.65. The average molecular weight is 251 g/mol. The molecule has 4 bridgehead atoms. The minimum Gasteiger partial charge on any atom is -0.481 e. The molecule has 0 aromatic rings. The first-order valence-electron chi connectivity index (χ1n) is 7.10. The van der Waals surface area contributed by atoms with Crippen LogP contribution in [0.15, 0.2) is 0 Å². The lowest BCUT2D eigenvalue weighted by atomic mass is 9.52. The number of carboxylic acid groups (broad SMARTS) is 1. The topological polar surface area (TPSA) is 66.4 Å². The molecule has 100 valence electrons. The molecule has 0 aromatic carbocycles. The summed E-state index contributed by atoms with van der Waals surface area (Å²) in [5.41, 5.74) is 0. The van der Waals surface area contributed by atoms with E-state index in [-0.39, 0.29) is 5.91 Å². The van der Waals surface area contributed by atoms with E-state index in [2.05, 4.69) is 5.32 Å². The van der Waals surface area contributed by atoms with E-state index in [1.165, 1.54) is 32.1 Å². The highest BCUT2D eigenvalue weighted by Crippen LogP contribution is 2.56. The van der Waals surface area contributed by atoms with Crippen LogP contribution in [0.2, 0.25) is 0 Å². The molecule has 1 amide bonds. The minimum atomic E-state index is -1.04. The van der Waals surface area contributed by atoms with Crippen molar-refractivity contribution >= 4 is 11.9 Å². The average Bonchev–Trinajstić information content (AvgIpc) is 2.25. The van der Waals surface area contributed by atoms with Gasteiger partial charge in [-0.15, -0.1) is 0 Å². The molecule has 4 saturated carbocycles. The predicted molar refractivity (Wildman–Crippen MR) is 65.8 cm³/mol. The van der Waals surface area contributed by atoms with E-state index in [1.807, 2.05) is 0 Å². The van der Waals surface area contributed by atoms with E-state index in [4.69, 9.17) is 5.11 Å². The number of carbonyl (C=O) groups is 2. The smallest absolute Gasteiger partial charge is 0.312 e. The number of nitrogens with one attached hydrogen (secondary N) is 1. The van der Waals surface area contributed by atoms with E-state index in [0.29, 0.717) is 12.5 Å². The molecule has 4 aliphatic carbocycles. The highest BCUT2D eigenvalue weighted by Gasteiger charge is 2.47. The van der Waals surface area contributed by atoms with Gasteiger partial charge in [0.05, 0.1) is 0 Å². The summed E-state index contributed by atoms with van der Waals surface area (Å²) in [6.07, 6.45) is 6.40. The quantitative estimate of drug-likeness (QED) is 0.747. The second-order valence-electron chi connectivity index (χ2n) is 6.47. The maximum Gasteiger partial charge on any atom is 0.312 e. The molecule has 4 nitrogen and oxygen atoms in total. The van der Waals surface area contributed by atoms with Gasteiger partial charge in [-0.2, -0.15) is 0 Å². The van der Waals surface area contributed by atoms with Crippen molar-refractivity contribution in [2.45, 2.75) is 38.5 Å². The van der Waals surface area contributed by atoms with Gasteiger partial charge in [-0.3, -0.25) is 9.59 Å².